The lowest BCUT2D eigenvalue weighted by atomic mass is 10.1. The number of urea groups is 3. The van der Waals surface area contributed by atoms with Gasteiger partial charge in [-0.2, -0.15) is 0 Å². The quantitative estimate of drug-likeness (QED) is 0.0430. The smallest absolute Gasteiger partial charge is 0.323 e. The summed E-state index contributed by atoms with van der Waals surface area (Å²) in [5.74, 6) is -2.70. The highest BCUT2D eigenvalue weighted by Gasteiger charge is 2.27. The Morgan fingerprint density at radius 2 is 0.727 bits per heavy atom. The zero-order valence-corrected chi connectivity index (χ0v) is 61.9. The molecule has 12 aromatic rings. The molecule has 3 aliphatic heterocycles. The van der Waals surface area contributed by atoms with Crippen molar-refractivity contribution in [2.24, 2.45) is 0 Å². The van der Waals surface area contributed by atoms with Crippen molar-refractivity contribution >= 4 is 154 Å². The highest BCUT2D eigenvalue weighted by Crippen LogP contribution is 2.45. The number of benzene rings is 6. The van der Waals surface area contributed by atoms with Crippen molar-refractivity contribution in [2.75, 3.05) is 143 Å². The first-order valence-corrected chi connectivity index (χ1v) is 36.9. The molecule has 15 rings (SSSR count). The first-order chi connectivity index (χ1) is 53.2. The average molecular weight is 1610 g/mol. The standard InChI is InChI=1S/C24H20Cl2FN7O2S.C24H20ClF2N7O2S.C24H21F2N7O2S/c25-15-3-2-14(12-16(15)26)30-23(35)32-19-11-13(1-4-17(19)27)21-20(18-5-6-29-22(28)31-18)33-24(37-21)34-7-9-36-10-8-34;25-14-2-4-17(16(27)12-14)31-23(35)32-19-11-13(1-3-15(19)26)21-20(18-5-6-29-22(28)30-18)33-24(37-21)34-7-9-36-10-8-34;25-15-2-4-16(5-3-15)29-23(34)31-19-13-14(1-6-17(19)26)21-20(18-7-8-28-22(27)30-18)32-24(36-21)33-9-11-35-12-10-33/h1-6,11-12H,7-10H2,(H2,28,29,31)(H2,30,32,35);1-6,11-12H,7-10H2,(H2,28,29,30)(H2,31,32,35);1-8,13H,9-12H2,(H2,27,28,30)(H2,29,31,34). The zero-order chi connectivity index (χ0) is 77.0. The van der Waals surface area contributed by atoms with Gasteiger partial charge in [-0.1, -0.05) is 87.0 Å². The third-order valence-corrected chi connectivity index (χ3v) is 20.8. The Balaban J connectivity index is 0.000000145. The van der Waals surface area contributed by atoms with Crippen LogP contribution in [0.5, 0.6) is 0 Å². The lowest BCUT2D eigenvalue weighted by molar-refractivity contribution is 0.122. The highest BCUT2D eigenvalue weighted by atomic mass is 35.5. The fourth-order valence-electron chi connectivity index (χ4n) is 11.1. The summed E-state index contributed by atoms with van der Waals surface area (Å²) >= 11 is 22.0. The normalized spacial score (nSPS) is 13.4. The number of morpholine rings is 3. The van der Waals surface area contributed by atoms with Crippen LogP contribution in [-0.4, -0.2) is 142 Å². The van der Waals surface area contributed by atoms with Crippen LogP contribution >= 0.6 is 68.8 Å². The van der Waals surface area contributed by atoms with Gasteiger partial charge in [0, 0.05) is 74.3 Å². The van der Waals surface area contributed by atoms with E-state index >= 15 is 0 Å². The van der Waals surface area contributed by atoms with E-state index in [1.165, 1.54) is 113 Å². The summed E-state index contributed by atoms with van der Waals surface area (Å²) in [6.45, 7) is 7.69. The number of halogens is 8. The molecule has 12 N–H and O–H groups in total. The number of rotatable bonds is 15. The fourth-order valence-corrected chi connectivity index (χ4v) is 14.9. The minimum absolute atomic E-state index is 0.00969. The maximum atomic E-state index is 14.7. The van der Waals surface area contributed by atoms with Crippen LogP contribution in [0.25, 0.3) is 65.5 Å². The number of amides is 6. The van der Waals surface area contributed by atoms with Gasteiger partial charge in [-0.3, -0.25) is 0 Å². The second kappa shape index (κ2) is 35.2. The average Bonchev–Trinajstić information content (AvgIpc) is 1.64. The summed E-state index contributed by atoms with van der Waals surface area (Å²) in [4.78, 5) is 85.3. The van der Waals surface area contributed by atoms with Gasteiger partial charge in [0.15, 0.2) is 15.4 Å². The van der Waals surface area contributed by atoms with Crippen LogP contribution in [0.3, 0.4) is 0 Å². The van der Waals surface area contributed by atoms with Gasteiger partial charge in [-0.05, 0) is 132 Å². The number of thiazole rings is 3. The van der Waals surface area contributed by atoms with Crippen molar-refractivity contribution < 1.29 is 50.5 Å². The predicted octanol–water partition coefficient (Wildman–Crippen LogP) is 15.6. The summed E-state index contributed by atoms with van der Waals surface area (Å²) in [6, 6.07) is 29.9. The molecular weight excluding hydrogens is 1550 g/mol. The molecule has 0 atom stereocenters. The Hall–Kier alpha value is -11.5. The van der Waals surface area contributed by atoms with E-state index in [4.69, 9.17) is 81.2 Å². The van der Waals surface area contributed by atoms with Gasteiger partial charge < -0.3 is 78.0 Å². The zero-order valence-electron chi connectivity index (χ0n) is 57.2. The molecule has 38 heteroatoms. The van der Waals surface area contributed by atoms with E-state index in [0.29, 0.717) is 151 Å². The summed E-state index contributed by atoms with van der Waals surface area (Å²) in [5, 5.41) is 18.2. The van der Waals surface area contributed by atoms with E-state index in [2.05, 4.69) is 76.5 Å². The molecule has 0 aliphatic carbocycles. The van der Waals surface area contributed by atoms with Crippen molar-refractivity contribution in [2.45, 2.75) is 0 Å². The molecule has 564 valence electrons. The molecule has 9 heterocycles. The highest BCUT2D eigenvalue weighted by molar-refractivity contribution is 7.20. The molecule has 27 nitrogen and oxygen atoms in total. The van der Waals surface area contributed by atoms with Gasteiger partial charge in [0.2, 0.25) is 17.8 Å². The van der Waals surface area contributed by atoms with Crippen LogP contribution in [0.4, 0.5) is 104 Å². The van der Waals surface area contributed by atoms with Gasteiger partial charge in [-0.25, -0.2) is 81.2 Å². The number of carbonyl (C=O) groups is 3. The maximum absolute atomic E-state index is 14.7. The van der Waals surface area contributed by atoms with Crippen molar-refractivity contribution in [3.05, 3.63) is 196 Å². The van der Waals surface area contributed by atoms with Crippen LogP contribution in [0.2, 0.25) is 15.1 Å². The van der Waals surface area contributed by atoms with E-state index in [1.54, 1.807) is 67.0 Å². The first kappa shape index (κ1) is 76.6. The summed E-state index contributed by atoms with van der Waals surface area (Å²) in [5.41, 5.74) is 23.1. The van der Waals surface area contributed by atoms with E-state index in [1.807, 2.05) is 0 Å². The molecule has 6 aromatic carbocycles. The molecule has 6 aromatic heterocycles. The summed E-state index contributed by atoms with van der Waals surface area (Å²) in [7, 11) is 0. The number of nitrogens with one attached hydrogen (secondary N) is 6. The van der Waals surface area contributed by atoms with Crippen LogP contribution in [0, 0.1) is 29.1 Å². The second-order valence-corrected chi connectivity index (χ2v) is 28.0. The van der Waals surface area contributed by atoms with Crippen LogP contribution in [0.1, 0.15) is 0 Å². The molecule has 0 unspecified atom stereocenters. The fraction of sp³-hybridized carbons (Fsp3) is 0.167. The number of ether oxygens (including phenoxy) is 3. The molecule has 3 saturated heterocycles. The number of nitrogen functional groups attached to an aromatic ring is 3. The number of hydrogen-bond donors (Lipinski definition) is 9. The second-order valence-electron chi connectivity index (χ2n) is 23.8. The minimum Gasteiger partial charge on any atom is -0.378 e. The lowest BCUT2D eigenvalue weighted by Gasteiger charge is -2.26. The molecule has 6 amide bonds. The number of aromatic nitrogens is 9. The van der Waals surface area contributed by atoms with E-state index < -0.39 is 47.2 Å². The van der Waals surface area contributed by atoms with Gasteiger partial charge >= 0.3 is 18.1 Å². The van der Waals surface area contributed by atoms with Gasteiger partial charge in [0.25, 0.3) is 0 Å². The number of carbonyl (C=O) groups excluding carboxylic acids is 3. The number of nitrogens with two attached hydrogens (primary N) is 3. The number of hydrogen-bond acceptors (Lipinski definition) is 24. The van der Waals surface area contributed by atoms with Gasteiger partial charge in [0.1, 0.15) is 46.2 Å². The Labute approximate surface area is 650 Å². The summed E-state index contributed by atoms with van der Waals surface area (Å²) < 4.78 is 87.6. The Morgan fingerprint density at radius 3 is 1.09 bits per heavy atom. The third-order valence-electron chi connectivity index (χ3n) is 16.3. The number of anilines is 12. The van der Waals surface area contributed by atoms with Crippen LogP contribution in [0.15, 0.2) is 152 Å². The third kappa shape index (κ3) is 19.3. The van der Waals surface area contributed by atoms with Crippen LogP contribution < -0.4 is 63.8 Å². The van der Waals surface area contributed by atoms with Crippen molar-refractivity contribution in [3.8, 4) is 65.5 Å². The monoisotopic (exact) mass is 1610 g/mol. The molecule has 0 saturated carbocycles. The Kier molecular flexibility index (Phi) is 24.5. The molecule has 0 bridgehead atoms. The number of nitrogens with zero attached hydrogens (tertiary/aromatic N) is 12. The Bertz CT molecular complexity index is 5350. The van der Waals surface area contributed by atoms with Crippen LogP contribution in [-0.2, 0) is 14.2 Å². The molecule has 110 heavy (non-hydrogen) atoms. The topological polar surface area (TPSA) is 355 Å². The first-order valence-electron chi connectivity index (χ1n) is 33.3. The predicted molar refractivity (Wildman–Crippen MR) is 420 cm³/mol. The largest absolute Gasteiger partial charge is 0.378 e. The minimum atomic E-state index is -0.820. The van der Waals surface area contributed by atoms with Crippen molar-refractivity contribution in [1.82, 2.24) is 44.9 Å². The molecule has 3 fully saturated rings. The molecular formula is C72H61Cl3F5N21O6S3. The molecule has 0 radical (unpaired) electrons. The van der Waals surface area contributed by atoms with Gasteiger partial charge in [-0.15, -0.1) is 0 Å². The summed E-state index contributed by atoms with van der Waals surface area (Å²) in [6.07, 6.45) is 4.64. The molecule has 0 spiro atoms. The van der Waals surface area contributed by atoms with E-state index in [9.17, 15) is 36.3 Å². The SMILES string of the molecule is Nc1nccc(-c2nc(N3CCOCC3)sc2-c2ccc(F)c(NC(=O)Nc3ccc(Cl)c(Cl)c3)c2)n1.Nc1nccc(-c2nc(N3CCOCC3)sc2-c2ccc(F)c(NC(=O)Nc3ccc(Cl)cc3F)c2)n1.Nc1nccc(-c2nc(N3CCOCC3)sc2-c2ccc(F)c(NC(=O)Nc3ccc(F)cc3)c2)n1. The Morgan fingerprint density at radius 1 is 0.373 bits per heavy atom. The van der Waals surface area contributed by atoms with Gasteiger partial charge in [0.05, 0.1) is 104 Å². The maximum Gasteiger partial charge on any atom is 0.323 e. The lowest BCUT2D eigenvalue weighted by Crippen LogP contribution is -2.36. The van der Waals surface area contributed by atoms with E-state index in [0.717, 1.165) is 31.2 Å². The molecule has 3 aliphatic rings. The van der Waals surface area contributed by atoms with Crippen molar-refractivity contribution in [1.29, 1.82) is 0 Å². The van der Waals surface area contributed by atoms with Crippen molar-refractivity contribution in [3.63, 3.8) is 0 Å². The van der Waals surface area contributed by atoms with E-state index in [-0.39, 0.29) is 50.6 Å².